The van der Waals surface area contributed by atoms with Crippen molar-refractivity contribution in [3.8, 4) is 0 Å². The summed E-state index contributed by atoms with van der Waals surface area (Å²) in [5, 5.41) is 2.74. The average molecular weight is 420 g/mol. The summed E-state index contributed by atoms with van der Waals surface area (Å²) >= 11 is 8.10. The Bertz CT molecular complexity index is 859. The number of carbonyl (C=O) groups excluding carboxylic acids is 1. The van der Waals surface area contributed by atoms with Gasteiger partial charge in [0.2, 0.25) is 16.4 Å². The summed E-state index contributed by atoms with van der Waals surface area (Å²) < 4.78 is 37.9. The third-order valence-electron chi connectivity index (χ3n) is 3.99. The standard InChI is InChI=1S/C16H16ClNO2S.H2O4S/c1-20-16(19)15(12-4-2-3-5-13(12)17)18-8-6-14-11(10-18)7-9-21-14;1-5(2,3)4/h2-5,7,9,15H,6,8,10H2,1H3;(H2,1,2,3,4). The van der Waals surface area contributed by atoms with Crippen LogP contribution in [0, 0.1) is 0 Å². The predicted octanol–water partition coefficient (Wildman–Crippen LogP) is 1.26. The van der Waals surface area contributed by atoms with Crippen molar-refractivity contribution in [2.45, 2.75) is 19.0 Å². The van der Waals surface area contributed by atoms with E-state index in [1.165, 1.54) is 22.5 Å². The molecule has 1 aromatic carbocycles. The summed E-state index contributed by atoms with van der Waals surface area (Å²) in [4.78, 5) is 14.9. The van der Waals surface area contributed by atoms with Crippen molar-refractivity contribution < 1.29 is 32.0 Å². The van der Waals surface area contributed by atoms with Gasteiger partial charge in [0, 0.05) is 22.4 Å². The minimum absolute atomic E-state index is 0.225. The van der Waals surface area contributed by atoms with Crippen molar-refractivity contribution in [1.29, 1.82) is 0 Å². The molecule has 0 amide bonds. The number of nitrogens with one attached hydrogen (secondary N) is 1. The molecule has 3 rings (SSSR count). The molecule has 0 saturated heterocycles. The van der Waals surface area contributed by atoms with Crippen LogP contribution in [-0.2, 0) is 32.9 Å². The Hall–Kier alpha value is -1.49. The van der Waals surface area contributed by atoms with Gasteiger partial charge < -0.3 is 14.2 Å². The topological polar surface area (TPSA) is 108 Å². The van der Waals surface area contributed by atoms with Gasteiger partial charge in [-0.2, -0.15) is 0 Å². The fourth-order valence-electron chi connectivity index (χ4n) is 2.94. The summed E-state index contributed by atoms with van der Waals surface area (Å²) in [6.07, 6.45) is 1.00. The maximum Gasteiger partial charge on any atom is 0.369 e. The van der Waals surface area contributed by atoms with Crippen LogP contribution < -0.4 is 4.90 Å². The molecule has 10 heteroatoms. The number of benzene rings is 1. The number of carbonyl (C=O) groups is 1. The first-order chi connectivity index (χ1) is 12.2. The zero-order valence-electron chi connectivity index (χ0n) is 13.8. The molecule has 0 radical (unpaired) electrons. The predicted molar refractivity (Wildman–Crippen MR) is 96.1 cm³/mol. The Morgan fingerprint density at radius 3 is 2.65 bits per heavy atom. The summed E-state index contributed by atoms with van der Waals surface area (Å²) in [7, 11) is -3.48. The fraction of sp³-hybridized carbons (Fsp3) is 0.312. The van der Waals surface area contributed by atoms with E-state index < -0.39 is 10.4 Å². The van der Waals surface area contributed by atoms with Gasteiger partial charge in [0.15, 0.2) is 0 Å². The quantitative estimate of drug-likeness (QED) is 0.440. The van der Waals surface area contributed by atoms with Gasteiger partial charge in [-0.25, -0.2) is 13.2 Å². The molecule has 2 heterocycles. The number of halogens is 1. The Kier molecular flexibility index (Phi) is 7.16. The zero-order valence-corrected chi connectivity index (χ0v) is 16.2. The van der Waals surface area contributed by atoms with Crippen LogP contribution in [0.1, 0.15) is 22.0 Å². The van der Waals surface area contributed by atoms with Gasteiger partial charge in [-0.05, 0) is 17.5 Å². The molecule has 1 aliphatic heterocycles. The van der Waals surface area contributed by atoms with E-state index in [2.05, 4.69) is 11.4 Å². The van der Waals surface area contributed by atoms with Crippen LogP contribution >= 0.6 is 22.9 Å². The second-order valence-electron chi connectivity index (χ2n) is 5.61. The highest BCUT2D eigenvalue weighted by molar-refractivity contribution is 7.79. The normalized spacial score (nSPS) is 17.5. The number of thiophene rings is 1. The molecule has 2 atom stereocenters. The van der Waals surface area contributed by atoms with E-state index >= 15 is 0 Å². The minimum atomic E-state index is -4.92. The molecule has 2 aromatic rings. The molecule has 0 bridgehead atoms. The number of hydrogen-bond acceptors (Lipinski definition) is 6. The average Bonchev–Trinajstić information content (AvgIpc) is 3.03. The van der Waals surface area contributed by atoms with Crippen molar-refractivity contribution in [2.75, 3.05) is 13.7 Å². The molecular formula is C16H18ClNO6S2. The maximum absolute atomic E-state index is 12.3. The maximum atomic E-state index is 12.3. The lowest BCUT2D eigenvalue weighted by Crippen LogP contribution is -3.13. The largest absolute Gasteiger partial charge is 0.726 e. The Morgan fingerprint density at radius 1 is 1.38 bits per heavy atom. The molecule has 7 nitrogen and oxygen atoms in total. The molecule has 2 unspecified atom stereocenters. The highest BCUT2D eigenvalue weighted by Crippen LogP contribution is 2.24. The second-order valence-corrected chi connectivity index (χ2v) is 7.87. The number of quaternary nitrogens is 1. The first-order valence-corrected chi connectivity index (χ1v) is 10.2. The van der Waals surface area contributed by atoms with Crippen LogP contribution in [0.2, 0.25) is 5.02 Å². The lowest BCUT2D eigenvalue weighted by Gasteiger charge is -2.30. The van der Waals surface area contributed by atoms with Crippen molar-refractivity contribution in [1.82, 2.24) is 0 Å². The number of methoxy groups -OCH3 is 1. The molecule has 142 valence electrons. The van der Waals surface area contributed by atoms with Gasteiger partial charge >= 0.3 is 5.97 Å². The van der Waals surface area contributed by atoms with E-state index in [0.717, 1.165) is 25.1 Å². The van der Waals surface area contributed by atoms with Gasteiger partial charge in [-0.15, -0.1) is 11.3 Å². The second kappa shape index (κ2) is 8.94. The minimum Gasteiger partial charge on any atom is -0.726 e. The number of ether oxygens (including phenoxy) is 1. The van der Waals surface area contributed by atoms with Crippen LogP contribution in [-0.4, -0.2) is 37.1 Å². The third kappa shape index (κ3) is 5.76. The number of fused-ring (bicyclic) bond motifs is 1. The highest BCUT2D eigenvalue weighted by atomic mass is 35.5. The van der Waals surface area contributed by atoms with Crippen molar-refractivity contribution >= 4 is 39.3 Å². The third-order valence-corrected chi connectivity index (χ3v) is 5.36. The molecule has 0 saturated carbocycles. The van der Waals surface area contributed by atoms with E-state index in [1.54, 1.807) is 11.3 Å². The monoisotopic (exact) mass is 419 g/mol. The molecule has 26 heavy (non-hydrogen) atoms. The first-order valence-electron chi connectivity index (χ1n) is 7.61. The Balaban J connectivity index is 0.000000431. The van der Waals surface area contributed by atoms with E-state index in [0.29, 0.717) is 5.02 Å². The van der Waals surface area contributed by atoms with Crippen LogP contribution in [0.25, 0.3) is 0 Å². The van der Waals surface area contributed by atoms with E-state index in [9.17, 15) is 4.79 Å². The Morgan fingerprint density at radius 2 is 2.04 bits per heavy atom. The lowest BCUT2D eigenvalue weighted by molar-refractivity contribution is -0.938. The summed E-state index contributed by atoms with van der Waals surface area (Å²) in [6, 6.07) is 9.32. The molecule has 2 N–H and O–H groups in total. The summed E-state index contributed by atoms with van der Waals surface area (Å²) in [5.41, 5.74) is 2.18. The molecule has 0 aliphatic carbocycles. The van der Waals surface area contributed by atoms with Crippen molar-refractivity contribution in [3.05, 3.63) is 56.7 Å². The van der Waals surface area contributed by atoms with Crippen LogP contribution in [0.3, 0.4) is 0 Å². The summed E-state index contributed by atoms with van der Waals surface area (Å²) in [5.74, 6) is -0.225. The number of esters is 1. The van der Waals surface area contributed by atoms with Crippen molar-refractivity contribution in [3.63, 3.8) is 0 Å². The van der Waals surface area contributed by atoms with Gasteiger partial charge in [0.05, 0.1) is 18.7 Å². The Labute approximate surface area is 160 Å². The van der Waals surface area contributed by atoms with Gasteiger partial charge in [-0.3, -0.25) is 4.55 Å². The number of hydrogen-bond donors (Lipinski definition) is 2. The number of rotatable bonds is 3. The molecule has 1 aromatic heterocycles. The van der Waals surface area contributed by atoms with Gasteiger partial charge in [-0.1, -0.05) is 29.8 Å². The van der Waals surface area contributed by atoms with E-state index in [4.69, 9.17) is 33.9 Å². The molecule has 0 fully saturated rings. The van der Waals surface area contributed by atoms with Crippen LogP contribution in [0.5, 0.6) is 0 Å². The first kappa shape index (κ1) is 20.8. The van der Waals surface area contributed by atoms with E-state index in [-0.39, 0.29) is 12.0 Å². The van der Waals surface area contributed by atoms with E-state index in [1.807, 2.05) is 24.3 Å². The molecular weight excluding hydrogens is 402 g/mol. The summed E-state index contributed by atoms with van der Waals surface area (Å²) in [6.45, 7) is 1.75. The lowest BCUT2D eigenvalue weighted by atomic mass is 10.0. The fourth-order valence-corrected chi connectivity index (χ4v) is 4.09. The zero-order chi connectivity index (χ0) is 19.3. The smallest absolute Gasteiger partial charge is 0.369 e. The van der Waals surface area contributed by atoms with Gasteiger partial charge in [0.1, 0.15) is 6.54 Å². The van der Waals surface area contributed by atoms with Crippen LogP contribution in [0.4, 0.5) is 0 Å². The molecule has 0 spiro atoms. The highest BCUT2D eigenvalue weighted by Gasteiger charge is 2.36. The SMILES string of the molecule is COC(=O)C(c1ccccc1Cl)[NH+]1CCc2sccc2C1.O=S(=O)([O-])O. The van der Waals surface area contributed by atoms with Gasteiger partial charge in [0.25, 0.3) is 0 Å². The van der Waals surface area contributed by atoms with Crippen LogP contribution in [0.15, 0.2) is 35.7 Å². The van der Waals surface area contributed by atoms with Crippen molar-refractivity contribution in [2.24, 2.45) is 0 Å². The molecule has 1 aliphatic rings.